The number of halogens is 1. The summed E-state index contributed by atoms with van der Waals surface area (Å²) in [6.07, 6.45) is 3.38. The van der Waals surface area contributed by atoms with Crippen molar-refractivity contribution in [1.82, 2.24) is 5.32 Å². The van der Waals surface area contributed by atoms with Crippen LogP contribution in [-0.4, -0.2) is 26.2 Å². The second kappa shape index (κ2) is 5.83. The van der Waals surface area contributed by atoms with Gasteiger partial charge in [0.1, 0.15) is 17.4 Å². The highest BCUT2D eigenvalue weighted by Gasteiger charge is 2.24. The smallest absolute Gasteiger partial charge is 0.143 e. The molecule has 0 amide bonds. The lowest BCUT2D eigenvalue weighted by molar-refractivity contribution is 0.445. The quantitative estimate of drug-likeness (QED) is 0.890. The minimum Gasteiger partial charge on any atom is -0.366 e. The summed E-state index contributed by atoms with van der Waals surface area (Å²) in [5.41, 5.74) is 0.901. The van der Waals surface area contributed by atoms with Gasteiger partial charge in [0.2, 0.25) is 0 Å². The van der Waals surface area contributed by atoms with Crippen molar-refractivity contribution in [2.24, 2.45) is 0 Å². The van der Waals surface area contributed by atoms with Gasteiger partial charge in [-0.15, -0.1) is 0 Å². The van der Waals surface area contributed by atoms with Crippen LogP contribution in [0.25, 0.3) is 0 Å². The fraction of sp³-hybridized carbons (Fsp3) is 0.500. The molecule has 1 aromatic carbocycles. The second-order valence-corrected chi connectivity index (χ2v) is 4.65. The van der Waals surface area contributed by atoms with Gasteiger partial charge in [-0.05, 0) is 38.4 Å². The summed E-state index contributed by atoms with van der Waals surface area (Å²) in [5, 5.41) is 12.3. The molecule has 1 aliphatic heterocycles. The Bertz CT molecular complexity index is 451. The molecule has 0 aliphatic carbocycles. The van der Waals surface area contributed by atoms with Crippen molar-refractivity contribution in [2.45, 2.75) is 25.3 Å². The summed E-state index contributed by atoms with van der Waals surface area (Å²) < 4.78 is 13.7. The third-order valence-electron chi connectivity index (χ3n) is 3.48. The van der Waals surface area contributed by atoms with Gasteiger partial charge in [0.15, 0.2) is 0 Å². The maximum Gasteiger partial charge on any atom is 0.143 e. The molecule has 1 heterocycles. The number of nitrogens with zero attached hydrogens (tertiary/aromatic N) is 2. The fourth-order valence-corrected chi connectivity index (χ4v) is 2.63. The normalized spacial score (nSPS) is 19.6. The zero-order chi connectivity index (χ0) is 13.0. The minimum atomic E-state index is -0.427. The van der Waals surface area contributed by atoms with Crippen molar-refractivity contribution < 1.29 is 4.39 Å². The van der Waals surface area contributed by atoms with E-state index in [0.29, 0.717) is 6.04 Å². The fourth-order valence-electron chi connectivity index (χ4n) is 2.63. The van der Waals surface area contributed by atoms with Crippen molar-refractivity contribution >= 4 is 5.69 Å². The molecule has 0 saturated carbocycles. The number of rotatable bonds is 3. The van der Waals surface area contributed by atoms with Crippen LogP contribution in [0.4, 0.5) is 10.1 Å². The largest absolute Gasteiger partial charge is 0.366 e. The number of piperidine rings is 1. The standard InChI is InChI=1S/C14H18FN3/c1-17-10-11-5-2-3-8-18(11)14-7-4-6-13(15)12(14)9-16/h4,6-7,11,17H,2-3,5,8,10H2,1H3. The van der Waals surface area contributed by atoms with Crippen molar-refractivity contribution in [2.75, 3.05) is 25.0 Å². The predicted octanol–water partition coefficient (Wildman–Crippen LogP) is 2.28. The molecule has 2 rings (SSSR count). The zero-order valence-electron chi connectivity index (χ0n) is 10.6. The monoisotopic (exact) mass is 247 g/mol. The first-order chi connectivity index (χ1) is 8.77. The molecule has 1 aromatic rings. The van der Waals surface area contributed by atoms with Gasteiger partial charge in [0, 0.05) is 19.1 Å². The summed E-state index contributed by atoms with van der Waals surface area (Å²) in [6, 6.07) is 7.20. The lowest BCUT2D eigenvalue weighted by atomic mass is 9.99. The number of hydrogen-bond acceptors (Lipinski definition) is 3. The molecule has 1 unspecified atom stereocenters. The highest BCUT2D eigenvalue weighted by molar-refractivity contribution is 5.60. The Morgan fingerprint density at radius 2 is 2.33 bits per heavy atom. The number of nitriles is 1. The Morgan fingerprint density at radius 1 is 1.50 bits per heavy atom. The first-order valence-corrected chi connectivity index (χ1v) is 6.37. The molecule has 0 radical (unpaired) electrons. The third-order valence-corrected chi connectivity index (χ3v) is 3.48. The third kappa shape index (κ3) is 2.46. The van der Waals surface area contributed by atoms with E-state index in [-0.39, 0.29) is 5.56 Å². The first-order valence-electron chi connectivity index (χ1n) is 6.37. The summed E-state index contributed by atoms with van der Waals surface area (Å²) in [6.45, 7) is 1.76. The van der Waals surface area contributed by atoms with Gasteiger partial charge in [-0.3, -0.25) is 0 Å². The summed E-state index contributed by atoms with van der Waals surface area (Å²) in [4.78, 5) is 2.17. The van der Waals surface area contributed by atoms with Gasteiger partial charge in [-0.25, -0.2) is 4.39 Å². The van der Waals surface area contributed by atoms with E-state index in [0.717, 1.165) is 31.6 Å². The Balaban J connectivity index is 2.34. The van der Waals surface area contributed by atoms with E-state index in [1.54, 1.807) is 6.07 Å². The first kappa shape index (κ1) is 12.8. The average Bonchev–Trinajstić information content (AvgIpc) is 2.39. The zero-order valence-corrected chi connectivity index (χ0v) is 10.6. The van der Waals surface area contributed by atoms with Crippen LogP contribution in [0.5, 0.6) is 0 Å². The Hall–Kier alpha value is -1.60. The lowest BCUT2D eigenvalue weighted by Gasteiger charge is -2.38. The lowest BCUT2D eigenvalue weighted by Crippen LogP contribution is -2.45. The second-order valence-electron chi connectivity index (χ2n) is 4.65. The van der Waals surface area contributed by atoms with Gasteiger partial charge in [-0.1, -0.05) is 6.07 Å². The van der Waals surface area contributed by atoms with Gasteiger partial charge >= 0.3 is 0 Å². The van der Waals surface area contributed by atoms with Crippen LogP contribution in [0, 0.1) is 17.1 Å². The topological polar surface area (TPSA) is 39.1 Å². The molecule has 4 heteroatoms. The maximum absolute atomic E-state index is 13.7. The van der Waals surface area contributed by atoms with Crippen LogP contribution < -0.4 is 10.2 Å². The Morgan fingerprint density at radius 3 is 3.06 bits per heavy atom. The summed E-state index contributed by atoms with van der Waals surface area (Å²) >= 11 is 0. The SMILES string of the molecule is CNCC1CCCCN1c1cccc(F)c1C#N. The van der Waals surface area contributed by atoms with Crippen LogP contribution in [0.1, 0.15) is 24.8 Å². The molecule has 96 valence electrons. The summed E-state index contributed by atoms with van der Waals surface area (Å²) in [7, 11) is 1.92. The number of nitrogens with one attached hydrogen (secondary N) is 1. The molecule has 18 heavy (non-hydrogen) atoms. The van der Waals surface area contributed by atoms with E-state index in [2.05, 4.69) is 10.2 Å². The number of anilines is 1. The molecule has 3 nitrogen and oxygen atoms in total. The van der Waals surface area contributed by atoms with Gasteiger partial charge < -0.3 is 10.2 Å². The molecule has 1 aliphatic rings. The average molecular weight is 247 g/mol. The molecule has 1 atom stereocenters. The van der Waals surface area contributed by atoms with Crippen LogP contribution in [-0.2, 0) is 0 Å². The Labute approximate surface area is 107 Å². The molecule has 0 aromatic heterocycles. The van der Waals surface area contributed by atoms with Crippen molar-refractivity contribution in [3.05, 3.63) is 29.6 Å². The molecule has 0 spiro atoms. The van der Waals surface area contributed by atoms with E-state index in [4.69, 9.17) is 5.26 Å². The summed E-state index contributed by atoms with van der Waals surface area (Å²) in [5.74, 6) is -0.427. The van der Waals surface area contributed by atoms with Crippen LogP contribution >= 0.6 is 0 Å². The molecule has 1 fully saturated rings. The van der Waals surface area contributed by atoms with Gasteiger partial charge in [0.05, 0.1) is 5.69 Å². The molecular weight excluding hydrogens is 229 g/mol. The highest BCUT2D eigenvalue weighted by atomic mass is 19.1. The predicted molar refractivity (Wildman–Crippen MR) is 70.0 cm³/mol. The van der Waals surface area contributed by atoms with Gasteiger partial charge in [-0.2, -0.15) is 5.26 Å². The van der Waals surface area contributed by atoms with Crippen LogP contribution in [0.15, 0.2) is 18.2 Å². The van der Waals surface area contributed by atoms with Crippen molar-refractivity contribution in [3.8, 4) is 6.07 Å². The molecule has 1 N–H and O–H groups in total. The van der Waals surface area contributed by atoms with E-state index in [1.165, 1.54) is 12.5 Å². The van der Waals surface area contributed by atoms with E-state index < -0.39 is 5.82 Å². The van der Waals surface area contributed by atoms with Gasteiger partial charge in [0.25, 0.3) is 0 Å². The number of hydrogen-bond donors (Lipinski definition) is 1. The maximum atomic E-state index is 13.7. The van der Waals surface area contributed by atoms with Crippen LogP contribution in [0.3, 0.4) is 0 Å². The van der Waals surface area contributed by atoms with E-state index >= 15 is 0 Å². The number of benzene rings is 1. The molecular formula is C14H18FN3. The minimum absolute atomic E-state index is 0.167. The molecule has 1 saturated heterocycles. The van der Waals surface area contributed by atoms with Crippen LogP contribution in [0.2, 0.25) is 0 Å². The highest BCUT2D eigenvalue weighted by Crippen LogP contribution is 2.28. The van der Waals surface area contributed by atoms with E-state index in [9.17, 15) is 4.39 Å². The van der Waals surface area contributed by atoms with Crippen molar-refractivity contribution in [3.63, 3.8) is 0 Å². The van der Waals surface area contributed by atoms with E-state index in [1.807, 2.05) is 19.2 Å². The van der Waals surface area contributed by atoms with Crippen molar-refractivity contribution in [1.29, 1.82) is 5.26 Å². The number of likely N-dealkylation sites (N-methyl/N-ethyl adjacent to an activating group) is 1. The Kier molecular flexibility index (Phi) is 4.16. The molecule has 0 bridgehead atoms.